The van der Waals surface area contributed by atoms with Crippen molar-refractivity contribution in [2.24, 2.45) is 5.73 Å². The molecule has 90 valence electrons. The molecule has 0 amide bonds. The van der Waals surface area contributed by atoms with E-state index < -0.39 is 0 Å². The second-order valence-corrected chi connectivity index (χ2v) is 5.57. The van der Waals surface area contributed by atoms with Crippen LogP contribution in [0.1, 0.15) is 26.3 Å². The summed E-state index contributed by atoms with van der Waals surface area (Å²) in [5, 5.41) is 0. The predicted octanol–water partition coefficient (Wildman–Crippen LogP) is 3.18. The number of benzene rings is 1. The van der Waals surface area contributed by atoms with Crippen molar-refractivity contribution in [2.75, 3.05) is 11.9 Å². The third kappa shape index (κ3) is 3.49. The summed E-state index contributed by atoms with van der Waals surface area (Å²) in [5.74, 6) is 0. The second-order valence-electron chi connectivity index (χ2n) is 4.66. The lowest BCUT2D eigenvalue weighted by molar-refractivity contribution is 0.716. The van der Waals surface area contributed by atoms with Crippen LogP contribution in [0.15, 0.2) is 22.7 Å². The van der Waals surface area contributed by atoms with Crippen molar-refractivity contribution in [3.8, 4) is 0 Å². The first kappa shape index (κ1) is 13.5. The average Bonchev–Trinajstić information content (AvgIpc) is 2.18. The third-order valence-electron chi connectivity index (χ3n) is 2.74. The summed E-state index contributed by atoms with van der Waals surface area (Å²) in [7, 11) is 2.12. The van der Waals surface area contributed by atoms with Gasteiger partial charge < -0.3 is 10.6 Å². The summed E-state index contributed by atoms with van der Waals surface area (Å²) in [6.07, 6.45) is 0.916. The van der Waals surface area contributed by atoms with Crippen LogP contribution in [0.5, 0.6) is 0 Å². The fourth-order valence-corrected chi connectivity index (χ4v) is 2.01. The molecule has 0 bridgehead atoms. The highest BCUT2D eigenvalue weighted by molar-refractivity contribution is 9.10. The first-order chi connectivity index (χ1) is 7.41. The maximum atomic E-state index is 5.88. The van der Waals surface area contributed by atoms with Gasteiger partial charge in [-0.2, -0.15) is 0 Å². The van der Waals surface area contributed by atoms with E-state index in [0.717, 1.165) is 10.9 Å². The van der Waals surface area contributed by atoms with E-state index in [1.54, 1.807) is 0 Å². The van der Waals surface area contributed by atoms with E-state index in [0.29, 0.717) is 6.04 Å². The molecule has 0 heterocycles. The smallest absolute Gasteiger partial charge is 0.0410 e. The highest BCUT2D eigenvalue weighted by Gasteiger charge is 2.11. The molecule has 16 heavy (non-hydrogen) atoms. The molecule has 1 aromatic carbocycles. The summed E-state index contributed by atoms with van der Waals surface area (Å²) >= 11 is 3.52. The zero-order valence-corrected chi connectivity index (χ0v) is 12.1. The van der Waals surface area contributed by atoms with Gasteiger partial charge in [-0.05, 0) is 44.9 Å². The van der Waals surface area contributed by atoms with Gasteiger partial charge in [0.15, 0.2) is 0 Å². The lowest BCUT2D eigenvalue weighted by Gasteiger charge is -2.27. The molecule has 0 aromatic heterocycles. The Hall–Kier alpha value is -0.540. The van der Waals surface area contributed by atoms with Crippen LogP contribution in [0.2, 0.25) is 0 Å². The molecule has 0 aliphatic heterocycles. The maximum Gasteiger partial charge on any atom is 0.0410 e. The molecule has 2 nitrogen and oxygen atoms in total. The Morgan fingerprint density at radius 1 is 1.31 bits per heavy atom. The lowest BCUT2D eigenvalue weighted by Crippen LogP contribution is -2.28. The van der Waals surface area contributed by atoms with Gasteiger partial charge in [-0.25, -0.2) is 0 Å². The van der Waals surface area contributed by atoms with E-state index in [4.69, 9.17) is 5.73 Å². The molecule has 1 aromatic rings. The summed E-state index contributed by atoms with van der Waals surface area (Å²) in [4.78, 5) is 2.28. The molecule has 0 aliphatic carbocycles. The van der Waals surface area contributed by atoms with Crippen molar-refractivity contribution in [3.63, 3.8) is 0 Å². The van der Waals surface area contributed by atoms with Gasteiger partial charge in [-0.15, -0.1) is 0 Å². The first-order valence-electron chi connectivity index (χ1n) is 5.68. The number of halogens is 1. The minimum Gasteiger partial charge on any atom is -0.372 e. The lowest BCUT2D eigenvalue weighted by atomic mass is 10.0. The Balaban J connectivity index is 3.07. The van der Waals surface area contributed by atoms with Gasteiger partial charge >= 0.3 is 0 Å². The van der Waals surface area contributed by atoms with E-state index in [9.17, 15) is 0 Å². The number of rotatable bonds is 4. The van der Waals surface area contributed by atoms with Crippen LogP contribution in [0.4, 0.5) is 5.69 Å². The number of nitrogens with zero attached hydrogens (tertiary/aromatic N) is 1. The summed E-state index contributed by atoms with van der Waals surface area (Å²) in [6.45, 7) is 6.42. The quantitative estimate of drug-likeness (QED) is 0.920. The van der Waals surface area contributed by atoms with Crippen LogP contribution in [-0.4, -0.2) is 19.1 Å². The topological polar surface area (TPSA) is 29.3 Å². The first-order valence-corrected chi connectivity index (χ1v) is 6.48. The number of hydrogen-bond acceptors (Lipinski definition) is 2. The fraction of sp³-hybridized carbons (Fsp3) is 0.538. The van der Waals surface area contributed by atoms with Gasteiger partial charge in [0.1, 0.15) is 0 Å². The van der Waals surface area contributed by atoms with Crippen molar-refractivity contribution in [1.29, 1.82) is 0 Å². The number of hydrogen-bond donors (Lipinski definition) is 1. The van der Waals surface area contributed by atoms with Crippen LogP contribution >= 0.6 is 15.9 Å². The number of anilines is 1. The van der Waals surface area contributed by atoms with Gasteiger partial charge in [-0.1, -0.05) is 22.0 Å². The van der Waals surface area contributed by atoms with Gasteiger partial charge in [0.05, 0.1) is 0 Å². The molecule has 0 saturated heterocycles. The van der Waals surface area contributed by atoms with Crippen molar-refractivity contribution < 1.29 is 0 Å². The maximum absolute atomic E-state index is 5.88. The molecule has 3 heteroatoms. The normalized spacial score (nSPS) is 12.9. The average molecular weight is 285 g/mol. The summed E-state index contributed by atoms with van der Waals surface area (Å²) in [6, 6.07) is 7.08. The zero-order chi connectivity index (χ0) is 12.3. The Labute approximate surface area is 107 Å². The van der Waals surface area contributed by atoms with Crippen LogP contribution in [0.3, 0.4) is 0 Å². The minimum atomic E-state index is 0.195. The molecular weight excluding hydrogens is 264 g/mol. The standard InChI is InChI=1S/C13H21BrN2/c1-9(2)16(4)13-8-12(14)6-5-11(13)7-10(3)15/h5-6,8-10H,7,15H2,1-4H3. The van der Waals surface area contributed by atoms with Crippen LogP contribution < -0.4 is 10.6 Å². The van der Waals surface area contributed by atoms with Gasteiger partial charge in [0.25, 0.3) is 0 Å². The van der Waals surface area contributed by atoms with Gasteiger partial charge in [0.2, 0.25) is 0 Å². The SMILES string of the molecule is CC(N)Cc1ccc(Br)cc1N(C)C(C)C. The molecule has 0 radical (unpaired) electrons. The van der Waals surface area contributed by atoms with Gasteiger partial charge in [-0.3, -0.25) is 0 Å². The van der Waals surface area contributed by atoms with Gasteiger partial charge in [0, 0.05) is 29.3 Å². The molecule has 1 rings (SSSR count). The minimum absolute atomic E-state index is 0.195. The number of nitrogens with two attached hydrogens (primary N) is 1. The van der Waals surface area contributed by atoms with Crippen molar-refractivity contribution in [2.45, 2.75) is 39.3 Å². The van der Waals surface area contributed by atoms with Crippen molar-refractivity contribution in [3.05, 3.63) is 28.2 Å². The Kier molecular flexibility index (Phi) is 4.81. The van der Waals surface area contributed by atoms with E-state index in [1.165, 1.54) is 11.3 Å². The molecule has 1 unspecified atom stereocenters. The molecule has 0 aliphatic rings. The second kappa shape index (κ2) is 5.69. The fourth-order valence-electron chi connectivity index (χ4n) is 1.66. The Bertz CT molecular complexity index is 348. The molecule has 0 saturated carbocycles. The molecular formula is C13H21BrN2. The molecule has 0 spiro atoms. The Morgan fingerprint density at radius 2 is 1.94 bits per heavy atom. The van der Waals surface area contributed by atoms with E-state index >= 15 is 0 Å². The van der Waals surface area contributed by atoms with E-state index in [1.807, 2.05) is 6.92 Å². The van der Waals surface area contributed by atoms with Crippen LogP contribution in [0.25, 0.3) is 0 Å². The third-order valence-corrected chi connectivity index (χ3v) is 3.24. The van der Waals surface area contributed by atoms with Crippen molar-refractivity contribution >= 4 is 21.6 Å². The van der Waals surface area contributed by atoms with E-state index in [2.05, 4.69) is 59.9 Å². The zero-order valence-electron chi connectivity index (χ0n) is 10.5. The highest BCUT2D eigenvalue weighted by Crippen LogP contribution is 2.26. The van der Waals surface area contributed by atoms with Crippen molar-refractivity contribution in [1.82, 2.24) is 0 Å². The highest BCUT2D eigenvalue weighted by atomic mass is 79.9. The monoisotopic (exact) mass is 284 g/mol. The van der Waals surface area contributed by atoms with Crippen LogP contribution in [-0.2, 0) is 6.42 Å². The predicted molar refractivity (Wildman–Crippen MR) is 75.0 cm³/mol. The largest absolute Gasteiger partial charge is 0.372 e. The molecule has 1 atom stereocenters. The van der Waals surface area contributed by atoms with E-state index in [-0.39, 0.29) is 6.04 Å². The molecule has 2 N–H and O–H groups in total. The van der Waals surface area contributed by atoms with Crippen LogP contribution in [0, 0.1) is 0 Å². The Morgan fingerprint density at radius 3 is 2.44 bits per heavy atom. The summed E-state index contributed by atoms with van der Waals surface area (Å²) in [5.41, 5.74) is 8.46. The summed E-state index contributed by atoms with van der Waals surface area (Å²) < 4.78 is 1.11. The molecule has 0 fully saturated rings.